The number of aliphatic hydroxyl groups is 2. The van der Waals surface area contributed by atoms with Gasteiger partial charge in [-0.2, -0.15) is 4.99 Å². The van der Waals surface area contributed by atoms with Gasteiger partial charge >= 0.3 is 12.1 Å². The summed E-state index contributed by atoms with van der Waals surface area (Å²) in [7, 11) is 0. The normalized spacial score (nSPS) is 32.1. The van der Waals surface area contributed by atoms with E-state index in [0.717, 1.165) is 9.80 Å². The van der Waals surface area contributed by atoms with Gasteiger partial charge in [-0.05, 0) is 0 Å². The van der Waals surface area contributed by atoms with Crippen molar-refractivity contribution in [2.24, 2.45) is 10.7 Å². The standard InChI is InChI=1S/C9H13N4O5/c10-8(16)12-3-11-9(17)13(4-12)7-1-5(15)6(2-14)18-7/h5-7,14-15H,1-2,4H2,(H2,10,16)/t5-,6+,7+/m0/s1. The Balaban J connectivity index is 2.07. The number of ether oxygens (including phenoxy) is 1. The molecule has 4 N–H and O–H groups in total. The van der Waals surface area contributed by atoms with Crippen LogP contribution in [-0.4, -0.2) is 70.1 Å². The fourth-order valence-electron chi connectivity index (χ4n) is 1.82. The van der Waals surface area contributed by atoms with Crippen LogP contribution < -0.4 is 5.73 Å². The zero-order valence-electron chi connectivity index (χ0n) is 9.39. The molecule has 0 bridgehead atoms. The molecule has 1 saturated heterocycles. The van der Waals surface area contributed by atoms with E-state index in [-0.39, 0.29) is 19.7 Å². The number of urea groups is 2. The number of nitrogens with zero attached hydrogens (tertiary/aromatic N) is 3. The van der Waals surface area contributed by atoms with Crippen LogP contribution in [0.15, 0.2) is 4.99 Å². The second kappa shape index (κ2) is 4.88. The van der Waals surface area contributed by atoms with Gasteiger partial charge in [-0.25, -0.2) is 9.59 Å². The number of nitrogens with two attached hydrogens (primary N) is 1. The third kappa shape index (κ3) is 2.28. The predicted octanol–water partition coefficient (Wildman–Crippen LogP) is -1.87. The molecule has 9 nitrogen and oxygen atoms in total. The highest BCUT2D eigenvalue weighted by Crippen LogP contribution is 2.24. The van der Waals surface area contributed by atoms with Gasteiger partial charge in [-0.15, -0.1) is 0 Å². The molecule has 1 fully saturated rings. The molecule has 0 aromatic carbocycles. The highest BCUT2D eigenvalue weighted by molar-refractivity contribution is 5.93. The minimum Gasteiger partial charge on any atom is -0.394 e. The van der Waals surface area contributed by atoms with Crippen LogP contribution in [0.25, 0.3) is 0 Å². The largest absolute Gasteiger partial charge is 0.394 e. The van der Waals surface area contributed by atoms with Crippen molar-refractivity contribution >= 4 is 18.4 Å². The summed E-state index contributed by atoms with van der Waals surface area (Å²) in [6.07, 6.45) is -0.0521. The Morgan fingerprint density at radius 2 is 2.39 bits per heavy atom. The van der Waals surface area contributed by atoms with Crippen LogP contribution in [-0.2, 0) is 4.74 Å². The molecule has 0 unspecified atom stereocenters. The van der Waals surface area contributed by atoms with Gasteiger partial charge in [0.1, 0.15) is 19.0 Å². The molecule has 99 valence electrons. The number of primary amides is 1. The van der Waals surface area contributed by atoms with Gasteiger partial charge in [0.05, 0.1) is 12.7 Å². The second-order valence-electron chi connectivity index (χ2n) is 3.99. The summed E-state index contributed by atoms with van der Waals surface area (Å²) in [6.45, 7) is -0.498. The molecule has 1 radical (unpaired) electrons. The van der Waals surface area contributed by atoms with E-state index in [4.69, 9.17) is 15.6 Å². The Morgan fingerprint density at radius 3 is 2.94 bits per heavy atom. The van der Waals surface area contributed by atoms with Gasteiger partial charge in [-0.3, -0.25) is 9.80 Å². The van der Waals surface area contributed by atoms with Crippen LogP contribution in [0.3, 0.4) is 0 Å². The molecule has 0 saturated carbocycles. The van der Waals surface area contributed by atoms with Crippen molar-refractivity contribution in [3.63, 3.8) is 0 Å². The Hall–Kier alpha value is -1.71. The number of carbonyl (C=O) groups is 2. The van der Waals surface area contributed by atoms with Gasteiger partial charge < -0.3 is 20.7 Å². The Bertz CT molecular complexity index is 387. The summed E-state index contributed by atoms with van der Waals surface area (Å²) in [5, 5.41) is 18.5. The van der Waals surface area contributed by atoms with Crippen LogP contribution in [0.4, 0.5) is 9.59 Å². The van der Waals surface area contributed by atoms with E-state index in [9.17, 15) is 14.7 Å². The van der Waals surface area contributed by atoms with Crippen LogP contribution in [0.1, 0.15) is 6.42 Å². The fourth-order valence-corrected chi connectivity index (χ4v) is 1.82. The number of hydrogen-bond acceptors (Lipinski definition) is 5. The van der Waals surface area contributed by atoms with E-state index in [1.165, 1.54) is 0 Å². The number of amides is 4. The number of aliphatic hydroxyl groups excluding tert-OH is 2. The molecule has 3 atom stereocenters. The summed E-state index contributed by atoms with van der Waals surface area (Å²) in [4.78, 5) is 27.9. The van der Waals surface area contributed by atoms with Crippen molar-refractivity contribution in [2.75, 3.05) is 13.3 Å². The Kier molecular flexibility index (Phi) is 3.45. The number of carbonyl (C=O) groups excluding carboxylic acids is 2. The van der Waals surface area contributed by atoms with E-state index < -0.39 is 30.5 Å². The van der Waals surface area contributed by atoms with Gasteiger partial charge in [-0.1, -0.05) is 0 Å². The van der Waals surface area contributed by atoms with Crippen molar-refractivity contribution in [1.29, 1.82) is 0 Å². The topological polar surface area (TPSA) is 129 Å². The monoisotopic (exact) mass is 257 g/mol. The average molecular weight is 257 g/mol. The molecule has 2 aliphatic heterocycles. The molecular weight excluding hydrogens is 244 g/mol. The Morgan fingerprint density at radius 1 is 1.67 bits per heavy atom. The van der Waals surface area contributed by atoms with Crippen LogP contribution in [0, 0.1) is 0 Å². The van der Waals surface area contributed by atoms with Gasteiger partial charge in [0.25, 0.3) is 0 Å². The maximum atomic E-state index is 11.5. The number of rotatable bonds is 2. The van der Waals surface area contributed by atoms with Crippen molar-refractivity contribution < 1.29 is 24.5 Å². The molecule has 0 aromatic rings. The molecule has 0 aromatic heterocycles. The summed E-state index contributed by atoms with van der Waals surface area (Å²) in [6, 6.07) is -1.43. The first-order valence-corrected chi connectivity index (χ1v) is 5.31. The highest BCUT2D eigenvalue weighted by Gasteiger charge is 2.40. The molecular formula is C9H13N4O5. The van der Waals surface area contributed by atoms with Crippen LogP contribution in [0.5, 0.6) is 0 Å². The first-order chi connectivity index (χ1) is 8.52. The molecule has 0 aliphatic carbocycles. The zero-order valence-corrected chi connectivity index (χ0v) is 9.39. The lowest BCUT2D eigenvalue weighted by molar-refractivity contribution is -0.0688. The lowest BCUT2D eigenvalue weighted by atomic mass is 10.2. The predicted molar refractivity (Wildman–Crippen MR) is 57.3 cm³/mol. The van der Waals surface area contributed by atoms with Crippen molar-refractivity contribution in [3.05, 3.63) is 0 Å². The van der Waals surface area contributed by atoms with Gasteiger partial charge in [0.2, 0.25) is 0 Å². The van der Waals surface area contributed by atoms with Crippen LogP contribution >= 0.6 is 0 Å². The minimum atomic E-state index is -0.871. The fraction of sp³-hybridized carbons (Fsp3) is 0.667. The zero-order chi connectivity index (χ0) is 13.3. The van der Waals surface area contributed by atoms with E-state index >= 15 is 0 Å². The third-order valence-electron chi connectivity index (χ3n) is 2.80. The van der Waals surface area contributed by atoms with Crippen LogP contribution in [0.2, 0.25) is 0 Å². The average Bonchev–Trinajstić information content (AvgIpc) is 2.70. The second-order valence-corrected chi connectivity index (χ2v) is 3.99. The summed E-state index contributed by atoms with van der Waals surface area (Å²) in [5.74, 6) is 0. The first-order valence-electron chi connectivity index (χ1n) is 5.31. The smallest absolute Gasteiger partial charge is 0.349 e. The van der Waals surface area contributed by atoms with E-state index in [1.54, 1.807) is 0 Å². The van der Waals surface area contributed by atoms with Crippen molar-refractivity contribution in [2.45, 2.75) is 24.9 Å². The van der Waals surface area contributed by atoms with Crippen molar-refractivity contribution in [3.8, 4) is 0 Å². The summed E-state index contributed by atoms with van der Waals surface area (Å²) in [5.41, 5.74) is 5.05. The SMILES string of the molecule is NC(=O)N1[C]=NC(=O)N([C@H]2C[C@H](O)[C@@H](CO)O2)C1. The molecule has 2 heterocycles. The minimum absolute atomic E-state index is 0.138. The van der Waals surface area contributed by atoms with Gasteiger partial charge in [0, 0.05) is 6.42 Å². The molecule has 2 rings (SSSR count). The quantitative estimate of drug-likeness (QED) is 0.534. The molecule has 0 spiro atoms. The molecule has 4 amide bonds. The summed E-state index contributed by atoms with van der Waals surface area (Å²) >= 11 is 0. The van der Waals surface area contributed by atoms with Gasteiger partial charge in [0.15, 0.2) is 6.34 Å². The first kappa shape index (κ1) is 12.7. The van der Waals surface area contributed by atoms with E-state index in [1.807, 2.05) is 0 Å². The third-order valence-corrected chi connectivity index (χ3v) is 2.80. The Labute approximate surface area is 102 Å². The molecule has 18 heavy (non-hydrogen) atoms. The molecule has 2 aliphatic rings. The van der Waals surface area contributed by atoms with E-state index in [2.05, 4.69) is 11.3 Å². The lowest BCUT2D eigenvalue weighted by Gasteiger charge is -2.32. The highest BCUT2D eigenvalue weighted by atomic mass is 16.5. The van der Waals surface area contributed by atoms with Crippen molar-refractivity contribution in [1.82, 2.24) is 9.80 Å². The number of aliphatic imine (C=N–C) groups is 1. The lowest BCUT2D eigenvalue weighted by Crippen LogP contribution is -2.52. The maximum Gasteiger partial charge on any atom is 0.349 e. The summed E-state index contributed by atoms with van der Waals surface area (Å²) < 4.78 is 5.30. The maximum absolute atomic E-state index is 11.5. The van der Waals surface area contributed by atoms with E-state index in [0.29, 0.717) is 0 Å². The number of hydrogen-bond donors (Lipinski definition) is 3. The molecule has 9 heteroatoms.